The maximum Gasteiger partial charge on any atom is 0.266 e. The lowest BCUT2D eigenvalue weighted by Crippen LogP contribution is -2.14. The molecular weight excluding hydrogens is 408 g/mol. The smallest absolute Gasteiger partial charge is 0.266 e. The van der Waals surface area contributed by atoms with Gasteiger partial charge in [0.25, 0.3) is 5.91 Å². The third-order valence-corrected chi connectivity index (χ3v) is 4.34. The lowest BCUT2D eigenvalue weighted by atomic mass is 10.1. The van der Waals surface area contributed by atoms with E-state index in [2.05, 4.69) is 21.2 Å². The Bertz CT molecular complexity index is 904. The van der Waals surface area contributed by atoms with Gasteiger partial charge in [0.05, 0.1) is 7.11 Å². The van der Waals surface area contributed by atoms with Gasteiger partial charge in [0.1, 0.15) is 11.6 Å². The molecule has 0 aliphatic rings. The number of nitrogens with zero attached hydrogens (tertiary/aromatic N) is 1. The number of hydrogen-bond donors (Lipinski definition) is 2. The summed E-state index contributed by atoms with van der Waals surface area (Å²) in [6.07, 6.45) is 1.29. The Morgan fingerprint density at radius 3 is 2.80 bits per heavy atom. The van der Waals surface area contributed by atoms with E-state index in [1.165, 1.54) is 13.2 Å². The summed E-state index contributed by atoms with van der Waals surface area (Å²) in [6.45, 7) is 1.76. The van der Waals surface area contributed by atoms with Gasteiger partial charge >= 0.3 is 0 Å². The highest BCUT2D eigenvalue weighted by Crippen LogP contribution is 2.35. The molecule has 2 rings (SSSR count). The number of carbonyl (C=O) groups is 1. The highest BCUT2D eigenvalue weighted by molar-refractivity contribution is 9.10. The quantitative estimate of drug-likeness (QED) is 0.555. The predicted molar refractivity (Wildman–Crippen MR) is 101 cm³/mol. The van der Waals surface area contributed by atoms with Gasteiger partial charge in [-0.05, 0) is 42.8 Å². The molecule has 0 radical (unpaired) electrons. The van der Waals surface area contributed by atoms with E-state index in [9.17, 15) is 15.2 Å². The van der Waals surface area contributed by atoms with Crippen LogP contribution in [0.1, 0.15) is 11.1 Å². The van der Waals surface area contributed by atoms with Crippen LogP contribution in [0.5, 0.6) is 11.5 Å². The molecule has 2 N–H and O–H groups in total. The Hall–Kier alpha value is -2.49. The van der Waals surface area contributed by atoms with Crippen LogP contribution in [0.15, 0.2) is 40.4 Å². The maximum atomic E-state index is 12.4. The third-order valence-electron chi connectivity index (χ3n) is 3.47. The monoisotopic (exact) mass is 420 g/mol. The second-order valence-corrected chi connectivity index (χ2v) is 6.41. The summed E-state index contributed by atoms with van der Waals surface area (Å²) >= 11 is 9.32. The lowest BCUT2D eigenvalue weighted by Gasteiger charge is -2.10. The number of benzene rings is 2. The number of nitriles is 1. The minimum atomic E-state index is -0.605. The van der Waals surface area contributed by atoms with E-state index in [1.54, 1.807) is 37.3 Å². The topological polar surface area (TPSA) is 82.3 Å². The van der Waals surface area contributed by atoms with Gasteiger partial charge in [-0.2, -0.15) is 5.26 Å². The van der Waals surface area contributed by atoms with Crippen LogP contribution >= 0.6 is 27.5 Å². The normalized spacial score (nSPS) is 10.9. The molecule has 0 fully saturated rings. The Labute approximate surface area is 158 Å². The first-order valence-corrected chi connectivity index (χ1v) is 8.29. The van der Waals surface area contributed by atoms with Crippen LogP contribution in [-0.2, 0) is 4.79 Å². The lowest BCUT2D eigenvalue weighted by molar-refractivity contribution is -0.112. The maximum absolute atomic E-state index is 12.4. The number of aromatic hydroxyl groups is 1. The van der Waals surface area contributed by atoms with Crippen LogP contribution < -0.4 is 10.1 Å². The average molecular weight is 422 g/mol. The molecule has 25 heavy (non-hydrogen) atoms. The fraction of sp³-hybridized carbons (Fsp3) is 0.111. The molecule has 1 amide bonds. The van der Waals surface area contributed by atoms with E-state index < -0.39 is 5.91 Å². The third kappa shape index (κ3) is 4.32. The highest BCUT2D eigenvalue weighted by atomic mass is 79.9. The van der Waals surface area contributed by atoms with E-state index in [0.29, 0.717) is 20.7 Å². The summed E-state index contributed by atoms with van der Waals surface area (Å²) in [4.78, 5) is 12.4. The molecule has 7 heteroatoms. The van der Waals surface area contributed by atoms with Gasteiger partial charge in [-0.3, -0.25) is 4.79 Å². The molecule has 0 saturated carbocycles. The van der Waals surface area contributed by atoms with Crippen molar-refractivity contribution in [2.45, 2.75) is 6.92 Å². The molecule has 0 heterocycles. The van der Waals surface area contributed by atoms with Gasteiger partial charge in [-0.25, -0.2) is 0 Å². The Morgan fingerprint density at radius 1 is 1.44 bits per heavy atom. The molecule has 0 spiro atoms. The van der Waals surface area contributed by atoms with Gasteiger partial charge in [-0.1, -0.05) is 33.6 Å². The summed E-state index contributed by atoms with van der Waals surface area (Å²) in [5, 5.41) is 22.6. The van der Waals surface area contributed by atoms with Crippen molar-refractivity contribution in [2.75, 3.05) is 12.4 Å². The van der Waals surface area contributed by atoms with Crippen LogP contribution in [0, 0.1) is 18.3 Å². The molecule has 0 aliphatic heterocycles. The molecule has 128 valence electrons. The number of ether oxygens (including phenoxy) is 1. The van der Waals surface area contributed by atoms with Gasteiger partial charge in [0.2, 0.25) is 0 Å². The molecule has 0 atom stereocenters. The molecule has 2 aromatic rings. The molecular formula is C18H14BrClN2O3. The zero-order chi connectivity index (χ0) is 18.6. The number of anilines is 1. The van der Waals surface area contributed by atoms with E-state index in [-0.39, 0.29) is 22.6 Å². The van der Waals surface area contributed by atoms with E-state index in [1.807, 2.05) is 6.07 Å². The largest absolute Gasteiger partial charge is 0.504 e. The zero-order valence-corrected chi connectivity index (χ0v) is 15.8. The van der Waals surface area contributed by atoms with Crippen molar-refractivity contribution in [3.05, 3.63) is 56.5 Å². The van der Waals surface area contributed by atoms with Crippen LogP contribution in [0.25, 0.3) is 6.08 Å². The number of hydrogen-bond acceptors (Lipinski definition) is 4. The minimum Gasteiger partial charge on any atom is -0.504 e. The van der Waals surface area contributed by atoms with Crippen molar-refractivity contribution >= 4 is 45.2 Å². The zero-order valence-electron chi connectivity index (χ0n) is 13.4. The fourth-order valence-electron chi connectivity index (χ4n) is 2.10. The van der Waals surface area contributed by atoms with Crippen LogP contribution in [0.2, 0.25) is 5.02 Å². The Morgan fingerprint density at radius 2 is 2.16 bits per heavy atom. The van der Waals surface area contributed by atoms with Crippen molar-refractivity contribution in [1.82, 2.24) is 0 Å². The highest BCUT2D eigenvalue weighted by Gasteiger charge is 2.15. The SMILES string of the molecule is COc1cc(Br)cc(/C=C(\C#N)C(=O)Nc2cccc(Cl)c2C)c1O. The van der Waals surface area contributed by atoms with Crippen LogP contribution in [-0.4, -0.2) is 18.1 Å². The first-order chi connectivity index (χ1) is 11.9. The molecule has 2 aromatic carbocycles. The summed E-state index contributed by atoms with van der Waals surface area (Å²) in [6, 6.07) is 10.1. The number of methoxy groups -OCH3 is 1. The van der Waals surface area contributed by atoms with Gasteiger partial charge in [0.15, 0.2) is 11.5 Å². The molecule has 0 aromatic heterocycles. The number of nitrogens with one attached hydrogen (secondary N) is 1. The molecule has 5 nitrogen and oxygen atoms in total. The summed E-state index contributed by atoms with van der Waals surface area (Å²) < 4.78 is 5.70. The number of rotatable bonds is 4. The number of phenols is 1. The van der Waals surface area contributed by atoms with Gasteiger partial charge < -0.3 is 15.2 Å². The predicted octanol–water partition coefficient (Wildman–Crippen LogP) is 4.67. The minimum absolute atomic E-state index is 0.162. The van der Waals surface area contributed by atoms with Crippen molar-refractivity contribution in [3.8, 4) is 17.6 Å². The molecule has 0 unspecified atom stereocenters. The fourth-order valence-corrected chi connectivity index (χ4v) is 2.73. The van der Waals surface area contributed by atoms with Crippen molar-refractivity contribution in [2.24, 2.45) is 0 Å². The summed E-state index contributed by atoms with van der Waals surface area (Å²) in [5.74, 6) is -0.541. The van der Waals surface area contributed by atoms with E-state index in [0.717, 1.165) is 0 Å². The number of amides is 1. The van der Waals surface area contributed by atoms with Crippen LogP contribution in [0.4, 0.5) is 5.69 Å². The molecule has 0 saturated heterocycles. The Balaban J connectivity index is 2.38. The summed E-state index contributed by atoms with van der Waals surface area (Å²) in [5.41, 5.74) is 1.31. The van der Waals surface area contributed by atoms with Gasteiger partial charge in [0, 0.05) is 20.7 Å². The number of phenolic OH excluding ortho intramolecular Hbond substituents is 1. The van der Waals surface area contributed by atoms with E-state index >= 15 is 0 Å². The van der Waals surface area contributed by atoms with Crippen molar-refractivity contribution < 1.29 is 14.6 Å². The van der Waals surface area contributed by atoms with Gasteiger partial charge in [-0.15, -0.1) is 0 Å². The number of carbonyl (C=O) groups excluding carboxylic acids is 1. The average Bonchev–Trinajstić information content (AvgIpc) is 2.59. The second-order valence-electron chi connectivity index (χ2n) is 5.08. The van der Waals surface area contributed by atoms with Crippen LogP contribution in [0.3, 0.4) is 0 Å². The Kier molecular flexibility index (Phi) is 6.07. The first kappa shape index (κ1) is 18.8. The second kappa shape index (κ2) is 8.06. The van der Waals surface area contributed by atoms with Crippen molar-refractivity contribution in [3.63, 3.8) is 0 Å². The molecule has 0 bridgehead atoms. The van der Waals surface area contributed by atoms with E-state index in [4.69, 9.17) is 16.3 Å². The standard InChI is InChI=1S/C18H14BrClN2O3/c1-10-14(20)4-3-5-15(10)22-18(24)12(9-21)6-11-7-13(19)8-16(25-2)17(11)23/h3-8,23H,1-2H3,(H,22,24)/b12-6+. The van der Waals surface area contributed by atoms with Crippen molar-refractivity contribution in [1.29, 1.82) is 5.26 Å². The first-order valence-electron chi connectivity index (χ1n) is 7.12. The summed E-state index contributed by atoms with van der Waals surface area (Å²) in [7, 11) is 1.41. The number of halogens is 2. The molecule has 0 aliphatic carbocycles.